The Morgan fingerprint density at radius 2 is 1.94 bits per heavy atom. The number of thiazole rings is 1. The molecule has 0 saturated heterocycles. The lowest BCUT2D eigenvalue weighted by atomic mass is 9.96. The summed E-state index contributed by atoms with van der Waals surface area (Å²) in [4.78, 5) is 42.2. The lowest BCUT2D eigenvalue weighted by molar-refractivity contribution is -0.385. The summed E-state index contributed by atoms with van der Waals surface area (Å²) in [7, 11) is 1.28. The number of unbranched alkanes of at least 4 members (excludes halogenated alkanes) is 1. The summed E-state index contributed by atoms with van der Waals surface area (Å²) in [6, 6.07) is 12.7. The molecule has 3 aromatic rings. The van der Waals surface area contributed by atoms with Crippen molar-refractivity contribution < 1.29 is 19.2 Å². The monoisotopic (exact) mass is 507 g/mol. The van der Waals surface area contributed by atoms with E-state index >= 15 is 0 Å². The minimum absolute atomic E-state index is 0.107. The second kappa shape index (κ2) is 10.7. The lowest BCUT2D eigenvalue weighted by Crippen LogP contribution is -2.39. The molecule has 0 spiro atoms. The molecule has 1 aliphatic rings. The van der Waals surface area contributed by atoms with E-state index in [-0.39, 0.29) is 15.8 Å². The second-order valence-corrected chi connectivity index (χ2v) is 9.17. The van der Waals surface area contributed by atoms with Gasteiger partial charge in [-0.3, -0.25) is 19.5 Å². The first-order valence-corrected chi connectivity index (χ1v) is 12.2. The fourth-order valence-electron chi connectivity index (χ4n) is 4.01. The van der Waals surface area contributed by atoms with Gasteiger partial charge in [0.25, 0.3) is 11.2 Å². The molecule has 1 atom stereocenters. The van der Waals surface area contributed by atoms with Crippen LogP contribution in [0.3, 0.4) is 0 Å². The van der Waals surface area contributed by atoms with Gasteiger partial charge >= 0.3 is 5.97 Å². The van der Waals surface area contributed by atoms with E-state index in [1.165, 1.54) is 23.8 Å². The van der Waals surface area contributed by atoms with Gasteiger partial charge in [0.1, 0.15) is 5.75 Å². The average molecular weight is 508 g/mol. The first-order valence-electron chi connectivity index (χ1n) is 11.4. The van der Waals surface area contributed by atoms with Crippen molar-refractivity contribution in [1.29, 1.82) is 0 Å². The summed E-state index contributed by atoms with van der Waals surface area (Å²) in [6.45, 7) is 4.38. The Morgan fingerprint density at radius 3 is 2.61 bits per heavy atom. The highest BCUT2D eigenvalue weighted by Gasteiger charge is 2.33. The number of aromatic nitrogens is 1. The Labute approximate surface area is 210 Å². The maximum absolute atomic E-state index is 13.6. The maximum Gasteiger partial charge on any atom is 0.338 e. The minimum Gasteiger partial charge on any atom is -0.494 e. The number of rotatable bonds is 8. The van der Waals surface area contributed by atoms with Crippen molar-refractivity contribution in [2.45, 2.75) is 32.7 Å². The van der Waals surface area contributed by atoms with Crippen LogP contribution >= 0.6 is 11.3 Å². The van der Waals surface area contributed by atoms with E-state index in [1.54, 1.807) is 37.3 Å². The summed E-state index contributed by atoms with van der Waals surface area (Å²) in [5.74, 6) is 0.105. The zero-order valence-corrected chi connectivity index (χ0v) is 20.9. The summed E-state index contributed by atoms with van der Waals surface area (Å²) in [5.41, 5.74) is 1.17. The first-order chi connectivity index (χ1) is 17.3. The molecular formula is C26H25N3O6S. The number of hydrogen-bond donors (Lipinski definition) is 0. The summed E-state index contributed by atoms with van der Waals surface area (Å²) < 4.78 is 12.5. The van der Waals surface area contributed by atoms with Gasteiger partial charge in [-0.1, -0.05) is 48.9 Å². The van der Waals surface area contributed by atoms with Gasteiger partial charge < -0.3 is 9.47 Å². The number of fused-ring (bicyclic) bond motifs is 1. The molecule has 0 bridgehead atoms. The van der Waals surface area contributed by atoms with Gasteiger partial charge in [-0.05, 0) is 43.2 Å². The van der Waals surface area contributed by atoms with Crippen LogP contribution in [-0.4, -0.2) is 29.2 Å². The minimum atomic E-state index is -0.772. The van der Waals surface area contributed by atoms with E-state index in [9.17, 15) is 19.7 Å². The van der Waals surface area contributed by atoms with Crippen LogP contribution in [0.25, 0.3) is 6.08 Å². The van der Waals surface area contributed by atoms with Crippen LogP contribution in [0.5, 0.6) is 5.75 Å². The van der Waals surface area contributed by atoms with E-state index in [0.29, 0.717) is 34.0 Å². The maximum atomic E-state index is 13.6. The van der Waals surface area contributed by atoms with Gasteiger partial charge in [0.2, 0.25) is 0 Å². The van der Waals surface area contributed by atoms with E-state index in [2.05, 4.69) is 11.9 Å². The summed E-state index contributed by atoms with van der Waals surface area (Å²) in [5, 5.41) is 11.5. The molecule has 0 fully saturated rings. The van der Waals surface area contributed by atoms with Crippen LogP contribution < -0.4 is 19.6 Å². The summed E-state index contributed by atoms with van der Waals surface area (Å²) >= 11 is 1.11. The Morgan fingerprint density at radius 1 is 1.22 bits per heavy atom. The molecule has 2 aromatic carbocycles. The van der Waals surface area contributed by atoms with Gasteiger partial charge in [-0.25, -0.2) is 9.79 Å². The zero-order chi connectivity index (χ0) is 25.8. The first kappa shape index (κ1) is 25.1. The Bertz CT molecular complexity index is 1520. The molecule has 1 unspecified atom stereocenters. The molecule has 2 heterocycles. The third-order valence-corrected chi connectivity index (χ3v) is 6.79. The number of ether oxygens (including phenoxy) is 2. The largest absolute Gasteiger partial charge is 0.494 e. The van der Waals surface area contributed by atoms with Gasteiger partial charge in [0, 0.05) is 6.07 Å². The molecule has 1 aromatic heterocycles. The van der Waals surface area contributed by atoms with Crippen molar-refractivity contribution in [3.8, 4) is 5.75 Å². The molecule has 4 rings (SSSR count). The van der Waals surface area contributed by atoms with Crippen LogP contribution in [0.2, 0.25) is 0 Å². The molecule has 186 valence electrons. The summed E-state index contributed by atoms with van der Waals surface area (Å²) in [6.07, 6.45) is 3.44. The molecule has 0 saturated carbocycles. The third-order valence-electron chi connectivity index (χ3n) is 5.81. The highest BCUT2D eigenvalue weighted by Crippen LogP contribution is 2.31. The molecule has 1 aliphatic heterocycles. The van der Waals surface area contributed by atoms with Crippen molar-refractivity contribution in [3.63, 3.8) is 0 Å². The highest BCUT2D eigenvalue weighted by atomic mass is 32.1. The van der Waals surface area contributed by atoms with E-state index in [1.807, 2.05) is 12.1 Å². The van der Waals surface area contributed by atoms with E-state index in [0.717, 1.165) is 24.2 Å². The molecule has 0 N–H and O–H groups in total. The quantitative estimate of drug-likeness (QED) is 0.200. The standard InChI is InChI=1S/C26H25N3O6S/c1-4-5-14-35-19-12-10-17(11-13-19)23-22(25(31)34-3)16(2)27-26-28(23)24(30)21(36-26)15-18-8-6-7-9-20(18)29(32)33/h6-13,15,23H,4-5,14H2,1-3H3. The normalized spacial score (nSPS) is 15.3. The number of methoxy groups -OCH3 is 1. The molecule has 0 radical (unpaired) electrons. The SMILES string of the molecule is CCCCOc1ccc(C2C(C(=O)OC)=C(C)N=c3sc(=Cc4ccccc4[N+](=O)[O-])c(=O)n32)cc1. The molecule has 10 heteroatoms. The Hall–Kier alpha value is -4.05. The number of benzene rings is 2. The van der Waals surface area contributed by atoms with Crippen LogP contribution in [-0.2, 0) is 9.53 Å². The number of nitro benzene ring substituents is 1. The number of carbonyl (C=O) groups is 1. The number of esters is 1. The van der Waals surface area contributed by atoms with Crippen LogP contribution in [0.4, 0.5) is 5.69 Å². The Kier molecular flexibility index (Phi) is 7.44. The van der Waals surface area contributed by atoms with Gasteiger partial charge in [-0.2, -0.15) is 0 Å². The number of nitro groups is 1. The molecule has 9 nitrogen and oxygen atoms in total. The smallest absolute Gasteiger partial charge is 0.338 e. The van der Waals surface area contributed by atoms with E-state index in [4.69, 9.17) is 9.47 Å². The van der Waals surface area contributed by atoms with Crippen molar-refractivity contribution in [1.82, 2.24) is 4.57 Å². The van der Waals surface area contributed by atoms with Crippen LogP contribution in [0.15, 0.2) is 69.6 Å². The number of allylic oxidation sites excluding steroid dienone is 1. The third kappa shape index (κ3) is 4.85. The second-order valence-electron chi connectivity index (χ2n) is 8.16. The number of hydrogen-bond acceptors (Lipinski definition) is 8. The number of para-hydroxylation sites is 1. The van der Waals surface area contributed by atoms with Crippen molar-refractivity contribution in [3.05, 3.63) is 101 Å². The number of nitrogens with zero attached hydrogens (tertiary/aromatic N) is 3. The fraction of sp³-hybridized carbons (Fsp3) is 0.269. The van der Waals surface area contributed by atoms with Crippen molar-refractivity contribution >= 4 is 29.1 Å². The van der Waals surface area contributed by atoms with Crippen molar-refractivity contribution in [2.24, 2.45) is 4.99 Å². The van der Waals surface area contributed by atoms with Gasteiger partial charge in [0.15, 0.2) is 4.80 Å². The molecule has 36 heavy (non-hydrogen) atoms. The van der Waals surface area contributed by atoms with Crippen LogP contribution in [0.1, 0.15) is 43.9 Å². The predicted octanol–water partition coefficient (Wildman–Crippen LogP) is 3.50. The van der Waals surface area contributed by atoms with Gasteiger partial charge in [-0.15, -0.1) is 0 Å². The topological polar surface area (TPSA) is 113 Å². The van der Waals surface area contributed by atoms with E-state index < -0.39 is 22.5 Å². The molecule has 0 aliphatic carbocycles. The number of carbonyl (C=O) groups excluding carboxylic acids is 1. The molecular weight excluding hydrogens is 482 g/mol. The Balaban J connectivity index is 1.87. The predicted molar refractivity (Wildman–Crippen MR) is 136 cm³/mol. The average Bonchev–Trinajstić information content (AvgIpc) is 3.17. The lowest BCUT2D eigenvalue weighted by Gasteiger charge is -2.24. The van der Waals surface area contributed by atoms with Crippen LogP contribution in [0, 0.1) is 10.1 Å². The van der Waals surface area contributed by atoms with Crippen molar-refractivity contribution in [2.75, 3.05) is 13.7 Å². The highest BCUT2D eigenvalue weighted by molar-refractivity contribution is 7.07. The fourth-order valence-corrected chi connectivity index (χ4v) is 5.04. The van der Waals surface area contributed by atoms with Gasteiger partial charge in [0.05, 0.1) is 46.0 Å². The molecule has 0 amide bonds. The zero-order valence-electron chi connectivity index (χ0n) is 20.1.